The molecule has 3 aliphatic rings. The zero-order valence-electron chi connectivity index (χ0n) is 17.7. The van der Waals surface area contributed by atoms with Crippen LogP contribution in [-0.2, 0) is 17.9 Å². The van der Waals surface area contributed by atoms with Crippen LogP contribution in [0.1, 0.15) is 36.8 Å². The van der Waals surface area contributed by atoms with Crippen LogP contribution >= 0.6 is 0 Å². The Balaban J connectivity index is 1.33. The maximum Gasteiger partial charge on any atom is 0.231 e. The van der Waals surface area contributed by atoms with Gasteiger partial charge in [-0.15, -0.1) is 0 Å². The van der Waals surface area contributed by atoms with E-state index in [-0.39, 0.29) is 19.5 Å². The summed E-state index contributed by atoms with van der Waals surface area (Å²) in [7, 11) is 0. The standard InChI is InChI=1S/C24H28N2O5/c27-23(9-12-25-10-2-1-3-11-25)26(14-18-7-8-20-22(13-18)30-16-28-20)15-19-5-4-6-21-24(19)31-17-29-21/h4-8,13H,1-3,9-12,14-17H2. The van der Waals surface area contributed by atoms with Crippen molar-refractivity contribution in [3.05, 3.63) is 47.5 Å². The normalized spacial score (nSPS) is 17.0. The van der Waals surface area contributed by atoms with E-state index in [9.17, 15) is 4.79 Å². The molecule has 0 unspecified atom stereocenters. The van der Waals surface area contributed by atoms with Crippen LogP contribution in [0.3, 0.4) is 0 Å². The van der Waals surface area contributed by atoms with Crippen molar-refractivity contribution in [1.82, 2.24) is 9.80 Å². The zero-order valence-corrected chi connectivity index (χ0v) is 17.7. The van der Waals surface area contributed by atoms with Crippen molar-refractivity contribution in [1.29, 1.82) is 0 Å². The third kappa shape index (κ3) is 4.56. The molecule has 1 saturated heterocycles. The molecule has 0 atom stereocenters. The number of nitrogens with zero attached hydrogens (tertiary/aromatic N) is 2. The van der Waals surface area contributed by atoms with Crippen LogP contribution in [0.25, 0.3) is 0 Å². The summed E-state index contributed by atoms with van der Waals surface area (Å²) >= 11 is 0. The number of carbonyl (C=O) groups is 1. The monoisotopic (exact) mass is 424 g/mol. The molecular formula is C24H28N2O5. The lowest BCUT2D eigenvalue weighted by Crippen LogP contribution is -2.36. The first-order valence-electron chi connectivity index (χ1n) is 11.0. The highest BCUT2D eigenvalue weighted by Gasteiger charge is 2.23. The quantitative estimate of drug-likeness (QED) is 0.678. The van der Waals surface area contributed by atoms with Gasteiger partial charge in [0.25, 0.3) is 0 Å². The molecule has 0 N–H and O–H groups in total. The summed E-state index contributed by atoms with van der Waals surface area (Å²) in [6.45, 7) is 4.42. The summed E-state index contributed by atoms with van der Waals surface area (Å²) in [6, 6.07) is 11.7. The lowest BCUT2D eigenvalue weighted by Gasteiger charge is -2.28. The Kier molecular flexibility index (Phi) is 5.84. The predicted octanol–water partition coefficient (Wildman–Crippen LogP) is 3.55. The lowest BCUT2D eigenvalue weighted by atomic mass is 10.1. The molecule has 7 heteroatoms. The Morgan fingerprint density at radius 3 is 2.58 bits per heavy atom. The van der Waals surface area contributed by atoms with E-state index >= 15 is 0 Å². The first-order valence-corrected chi connectivity index (χ1v) is 11.0. The van der Waals surface area contributed by atoms with E-state index in [1.54, 1.807) is 0 Å². The van der Waals surface area contributed by atoms with Gasteiger partial charge in [0.2, 0.25) is 19.5 Å². The molecule has 0 aliphatic carbocycles. The first-order chi connectivity index (χ1) is 15.3. The van der Waals surface area contributed by atoms with Crippen LogP contribution in [-0.4, -0.2) is 48.9 Å². The Bertz CT molecular complexity index is 942. The molecule has 164 valence electrons. The summed E-state index contributed by atoms with van der Waals surface area (Å²) in [6.07, 6.45) is 4.25. The second kappa shape index (κ2) is 9.06. The van der Waals surface area contributed by atoms with Gasteiger partial charge in [0.1, 0.15) is 0 Å². The number of ether oxygens (including phenoxy) is 4. The van der Waals surface area contributed by atoms with E-state index in [0.29, 0.717) is 19.5 Å². The van der Waals surface area contributed by atoms with Crippen molar-refractivity contribution in [3.8, 4) is 23.0 Å². The minimum atomic E-state index is 0.139. The molecule has 3 aliphatic heterocycles. The molecule has 3 heterocycles. The third-order valence-corrected chi connectivity index (χ3v) is 6.09. The lowest BCUT2D eigenvalue weighted by molar-refractivity contribution is -0.132. The third-order valence-electron chi connectivity index (χ3n) is 6.09. The summed E-state index contributed by atoms with van der Waals surface area (Å²) < 4.78 is 22.1. The largest absolute Gasteiger partial charge is 0.454 e. The van der Waals surface area contributed by atoms with Gasteiger partial charge in [-0.3, -0.25) is 4.79 Å². The summed E-state index contributed by atoms with van der Waals surface area (Å²) in [4.78, 5) is 17.6. The van der Waals surface area contributed by atoms with Crippen molar-refractivity contribution >= 4 is 5.91 Å². The highest BCUT2D eigenvalue weighted by atomic mass is 16.7. The number of piperidine rings is 1. The van der Waals surface area contributed by atoms with Crippen LogP contribution in [0, 0.1) is 0 Å². The van der Waals surface area contributed by atoms with Crippen LogP contribution < -0.4 is 18.9 Å². The van der Waals surface area contributed by atoms with Gasteiger partial charge in [0.05, 0.1) is 0 Å². The number of hydrogen-bond acceptors (Lipinski definition) is 6. The van der Waals surface area contributed by atoms with E-state index in [0.717, 1.165) is 53.8 Å². The molecule has 7 nitrogen and oxygen atoms in total. The maximum atomic E-state index is 13.3. The average molecular weight is 424 g/mol. The van der Waals surface area contributed by atoms with Gasteiger partial charge in [-0.05, 0) is 49.7 Å². The maximum absolute atomic E-state index is 13.3. The fourth-order valence-corrected chi connectivity index (χ4v) is 4.41. The van der Waals surface area contributed by atoms with Crippen molar-refractivity contribution in [2.75, 3.05) is 33.2 Å². The fraction of sp³-hybridized carbons (Fsp3) is 0.458. The van der Waals surface area contributed by atoms with E-state index in [2.05, 4.69) is 4.90 Å². The smallest absolute Gasteiger partial charge is 0.231 e. The number of para-hydroxylation sites is 1. The van der Waals surface area contributed by atoms with Gasteiger partial charge >= 0.3 is 0 Å². The SMILES string of the molecule is O=C(CCN1CCCCC1)N(Cc1ccc2c(c1)OCO2)Cc1cccc2c1OCO2. The molecule has 0 saturated carbocycles. The number of fused-ring (bicyclic) bond motifs is 2. The Morgan fingerprint density at radius 2 is 1.68 bits per heavy atom. The van der Waals surface area contributed by atoms with E-state index in [1.165, 1.54) is 19.3 Å². The highest BCUT2D eigenvalue weighted by Crippen LogP contribution is 2.37. The predicted molar refractivity (Wildman–Crippen MR) is 114 cm³/mol. The number of likely N-dealkylation sites (tertiary alicyclic amines) is 1. The highest BCUT2D eigenvalue weighted by molar-refractivity contribution is 5.76. The molecular weight excluding hydrogens is 396 g/mol. The second-order valence-electron chi connectivity index (χ2n) is 8.24. The molecule has 2 aromatic carbocycles. The number of carbonyl (C=O) groups excluding carboxylic acids is 1. The number of amides is 1. The Hall–Kier alpha value is -2.93. The van der Waals surface area contributed by atoms with Crippen LogP contribution in [0.4, 0.5) is 0 Å². The molecule has 1 amide bonds. The Morgan fingerprint density at radius 1 is 0.871 bits per heavy atom. The molecule has 2 aromatic rings. The average Bonchev–Trinajstić information content (AvgIpc) is 3.47. The summed E-state index contributed by atoms with van der Waals surface area (Å²) in [5.74, 6) is 3.09. The van der Waals surface area contributed by atoms with Crippen molar-refractivity contribution in [2.45, 2.75) is 38.8 Å². The summed E-state index contributed by atoms with van der Waals surface area (Å²) in [5.41, 5.74) is 1.97. The Labute approximate surface area is 182 Å². The van der Waals surface area contributed by atoms with Crippen molar-refractivity contribution in [3.63, 3.8) is 0 Å². The first kappa shape index (κ1) is 20.0. The van der Waals surface area contributed by atoms with Crippen LogP contribution in [0.15, 0.2) is 36.4 Å². The van der Waals surface area contributed by atoms with E-state index in [4.69, 9.17) is 18.9 Å². The molecule has 31 heavy (non-hydrogen) atoms. The van der Waals surface area contributed by atoms with Crippen molar-refractivity contribution in [2.24, 2.45) is 0 Å². The number of hydrogen-bond donors (Lipinski definition) is 0. The van der Waals surface area contributed by atoms with E-state index < -0.39 is 0 Å². The zero-order chi connectivity index (χ0) is 21.0. The van der Waals surface area contributed by atoms with Gasteiger partial charge in [-0.1, -0.05) is 24.6 Å². The number of rotatable bonds is 7. The van der Waals surface area contributed by atoms with Crippen LogP contribution in [0.5, 0.6) is 23.0 Å². The van der Waals surface area contributed by atoms with Crippen molar-refractivity contribution < 1.29 is 23.7 Å². The second-order valence-corrected chi connectivity index (χ2v) is 8.24. The molecule has 0 spiro atoms. The van der Waals surface area contributed by atoms with E-state index in [1.807, 2.05) is 41.3 Å². The van der Waals surface area contributed by atoms with Gasteiger partial charge in [0, 0.05) is 31.6 Å². The minimum absolute atomic E-state index is 0.139. The van der Waals surface area contributed by atoms with Gasteiger partial charge in [0.15, 0.2) is 23.0 Å². The van der Waals surface area contributed by atoms with Gasteiger partial charge in [-0.25, -0.2) is 0 Å². The molecule has 0 aromatic heterocycles. The molecule has 1 fully saturated rings. The van der Waals surface area contributed by atoms with Gasteiger partial charge in [-0.2, -0.15) is 0 Å². The minimum Gasteiger partial charge on any atom is -0.454 e. The molecule has 0 bridgehead atoms. The van der Waals surface area contributed by atoms with Crippen LogP contribution in [0.2, 0.25) is 0 Å². The molecule has 5 rings (SSSR count). The molecule has 0 radical (unpaired) electrons. The topological polar surface area (TPSA) is 60.5 Å². The number of benzene rings is 2. The fourth-order valence-electron chi connectivity index (χ4n) is 4.41. The van der Waals surface area contributed by atoms with Gasteiger partial charge < -0.3 is 28.7 Å². The summed E-state index contributed by atoms with van der Waals surface area (Å²) in [5, 5.41) is 0.